The minimum absolute atomic E-state index is 0.148. The van der Waals surface area contributed by atoms with Gasteiger partial charge >= 0.3 is 6.03 Å². The molecule has 0 bridgehead atoms. The van der Waals surface area contributed by atoms with Crippen LogP contribution in [0, 0.1) is 6.92 Å². The van der Waals surface area contributed by atoms with E-state index in [4.69, 9.17) is 0 Å². The minimum Gasteiger partial charge on any atom is -0.307 e. The third-order valence-corrected chi connectivity index (χ3v) is 3.12. The number of aromatic nitrogens is 1. The third-order valence-electron chi connectivity index (χ3n) is 3.12. The van der Waals surface area contributed by atoms with Gasteiger partial charge in [-0.15, -0.1) is 0 Å². The van der Waals surface area contributed by atoms with Crippen LogP contribution in [-0.4, -0.2) is 10.6 Å². The Kier molecular flexibility index (Phi) is 2.80. The van der Waals surface area contributed by atoms with Gasteiger partial charge in [-0.3, -0.25) is 4.57 Å². The van der Waals surface area contributed by atoms with Crippen molar-refractivity contribution in [3.05, 3.63) is 66.4 Å². The highest BCUT2D eigenvalue weighted by Gasteiger charge is 2.08. The molecule has 0 aliphatic carbocycles. The summed E-state index contributed by atoms with van der Waals surface area (Å²) in [7, 11) is 0. The fraction of sp³-hybridized carbons (Fsp3) is 0.0625. The number of benzene rings is 2. The van der Waals surface area contributed by atoms with Crippen molar-refractivity contribution in [2.24, 2.45) is 0 Å². The second-order valence-electron chi connectivity index (χ2n) is 4.54. The zero-order valence-corrected chi connectivity index (χ0v) is 10.6. The van der Waals surface area contributed by atoms with E-state index in [0.717, 1.165) is 16.6 Å². The number of anilines is 1. The fourth-order valence-corrected chi connectivity index (χ4v) is 2.08. The quantitative estimate of drug-likeness (QED) is 0.695. The first-order valence-electron chi connectivity index (χ1n) is 6.18. The van der Waals surface area contributed by atoms with E-state index in [2.05, 4.69) is 5.32 Å². The Morgan fingerprint density at radius 3 is 2.53 bits per heavy atom. The lowest BCUT2D eigenvalue weighted by Crippen LogP contribution is -2.18. The lowest BCUT2D eigenvalue weighted by atomic mass is 10.2. The third kappa shape index (κ3) is 2.22. The molecule has 1 aromatic heterocycles. The van der Waals surface area contributed by atoms with Crippen LogP contribution in [0.15, 0.2) is 60.8 Å². The highest BCUT2D eigenvalue weighted by Crippen LogP contribution is 2.16. The first-order chi connectivity index (χ1) is 9.24. The summed E-state index contributed by atoms with van der Waals surface area (Å²) in [4.78, 5) is 12.2. The Morgan fingerprint density at radius 1 is 1.00 bits per heavy atom. The van der Waals surface area contributed by atoms with Gasteiger partial charge in [0.2, 0.25) is 0 Å². The van der Waals surface area contributed by atoms with Crippen LogP contribution in [0.5, 0.6) is 0 Å². The van der Waals surface area contributed by atoms with Crippen LogP contribution in [0.3, 0.4) is 0 Å². The van der Waals surface area contributed by atoms with E-state index in [-0.39, 0.29) is 6.03 Å². The van der Waals surface area contributed by atoms with Crippen LogP contribution in [0.4, 0.5) is 10.5 Å². The molecule has 0 spiro atoms. The molecule has 0 atom stereocenters. The number of hydrogen-bond donors (Lipinski definition) is 1. The van der Waals surface area contributed by atoms with E-state index < -0.39 is 0 Å². The number of aryl methyl sites for hydroxylation is 1. The maximum Gasteiger partial charge on any atom is 0.330 e. The minimum atomic E-state index is -0.148. The van der Waals surface area contributed by atoms with Crippen molar-refractivity contribution < 1.29 is 4.79 Å². The summed E-state index contributed by atoms with van der Waals surface area (Å²) >= 11 is 0. The van der Waals surface area contributed by atoms with Gasteiger partial charge in [-0.25, -0.2) is 4.79 Å². The molecule has 3 rings (SSSR count). The topological polar surface area (TPSA) is 34.0 Å². The summed E-state index contributed by atoms with van der Waals surface area (Å²) in [5, 5.41) is 3.94. The number of para-hydroxylation sites is 1. The van der Waals surface area contributed by atoms with Crippen molar-refractivity contribution in [1.29, 1.82) is 0 Å². The predicted octanol–water partition coefficient (Wildman–Crippen LogP) is 4.03. The highest BCUT2D eigenvalue weighted by molar-refractivity contribution is 5.98. The number of fused-ring (bicyclic) bond motifs is 1. The Balaban J connectivity index is 1.90. The molecular formula is C16H14N2O. The van der Waals surface area contributed by atoms with Crippen LogP contribution in [0.25, 0.3) is 10.9 Å². The molecule has 0 aliphatic heterocycles. The van der Waals surface area contributed by atoms with Crippen LogP contribution in [0.2, 0.25) is 0 Å². The summed E-state index contributed by atoms with van der Waals surface area (Å²) in [6.45, 7) is 2.02. The second-order valence-corrected chi connectivity index (χ2v) is 4.54. The van der Waals surface area contributed by atoms with E-state index in [1.807, 2.05) is 61.5 Å². The lowest BCUT2D eigenvalue weighted by Gasteiger charge is -2.07. The number of carbonyl (C=O) groups is 1. The Hall–Kier alpha value is -2.55. The van der Waals surface area contributed by atoms with E-state index in [9.17, 15) is 4.79 Å². The monoisotopic (exact) mass is 250 g/mol. The van der Waals surface area contributed by atoms with E-state index in [1.54, 1.807) is 10.8 Å². The van der Waals surface area contributed by atoms with Crippen LogP contribution in [0.1, 0.15) is 5.56 Å². The SMILES string of the molecule is Cc1ccc(NC(=O)n2ccc3ccccc32)cc1. The number of nitrogens with zero attached hydrogens (tertiary/aromatic N) is 1. The molecule has 3 nitrogen and oxygen atoms in total. The van der Waals surface area contributed by atoms with Crippen LogP contribution >= 0.6 is 0 Å². The summed E-state index contributed by atoms with van der Waals surface area (Å²) in [5.74, 6) is 0. The molecule has 3 heteroatoms. The molecule has 0 radical (unpaired) electrons. The van der Waals surface area contributed by atoms with Crippen molar-refractivity contribution in [2.45, 2.75) is 6.92 Å². The highest BCUT2D eigenvalue weighted by atomic mass is 16.2. The number of nitrogens with one attached hydrogen (secondary N) is 1. The average molecular weight is 250 g/mol. The molecule has 3 aromatic rings. The summed E-state index contributed by atoms with van der Waals surface area (Å²) in [5.41, 5.74) is 2.88. The summed E-state index contributed by atoms with van der Waals surface area (Å²) < 4.78 is 1.62. The van der Waals surface area contributed by atoms with Gasteiger partial charge < -0.3 is 5.32 Å². The van der Waals surface area contributed by atoms with Gasteiger partial charge in [0.15, 0.2) is 0 Å². The number of amides is 1. The molecule has 0 aliphatic rings. The van der Waals surface area contributed by atoms with Crippen molar-refractivity contribution in [2.75, 3.05) is 5.32 Å². The average Bonchev–Trinajstić information content (AvgIpc) is 2.85. The van der Waals surface area contributed by atoms with Gasteiger partial charge in [0, 0.05) is 17.3 Å². The molecule has 2 aromatic carbocycles. The molecule has 1 N–H and O–H groups in total. The van der Waals surface area contributed by atoms with E-state index in [1.165, 1.54) is 5.56 Å². The normalized spacial score (nSPS) is 10.6. The Labute approximate surface area is 111 Å². The number of hydrogen-bond acceptors (Lipinski definition) is 1. The fourth-order valence-electron chi connectivity index (χ4n) is 2.08. The molecule has 19 heavy (non-hydrogen) atoms. The molecular weight excluding hydrogens is 236 g/mol. The Bertz CT molecular complexity index is 726. The van der Waals surface area contributed by atoms with E-state index >= 15 is 0 Å². The number of rotatable bonds is 1. The van der Waals surface area contributed by atoms with Gasteiger partial charge in [0.1, 0.15) is 0 Å². The largest absolute Gasteiger partial charge is 0.330 e. The molecule has 0 fully saturated rings. The standard InChI is InChI=1S/C16H14N2O/c1-12-6-8-14(9-7-12)17-16(19)18-11-10-13-4-2-3-5-15(13)18/h2-11H,1H3,(H,17,19). The predicted molar refractivity (Wildman–Crippen MR) is 77.5 cm³/mol. The van der Waals surface area contributed by atoms with Crippen LogP contribution < -0.4 is 5.32 Å². The van der Waals surface area contributed by atoms with Gasteiger partial charge in [-0.05, 0) is 31.2 Å². The van der Waals surface area contributed by atoms with Crippen molar-refractivity contribution in [1.82, 2.24) is 4.57 Å². The smallest absolute Gasteiger partial charge is 0.307 e. The van der Waals surface area contributed by atoms with Gasteiger partial charge in [0.05, 0.1) is 5.52 Å². The first kappa shape index (κ1) is 11.5. The zero-order valence-electron chi connectivity index (χ0n) is 10.6. The van der Waals surface area contributed by atoms with Crippen molar-refractivity contribution in [3.63, 3.8) is 0 Å². The summed E-state index contributed by atoms with van der Waals surface area (Å²) in [6, 6.07) is 17.4. The first-order valence-corrected chi connectivity index (χ1v) is 6.18. The summed E-state index contributed by atoms with van der Waals surface area (Å²) in [6.07, 6.45) is 1.79. The van der Waals surface area contributed by atoms with Crippen molar-refractivity contribution in [3.8, 4) is 0 Å². The second kappa shape index (κ2) is 4.61. The molecule has 1 heterocycles. The van der Waals surface area contributed by atoms with E-state index in [0.29, 0.717) is 0 Å². The van der Waals surface area contributed by atoms with Crippen LogP contribution in [-0.2, 0) is 0 Å². The molecule has 0 unspecified atom stereocenters. The maximum absolute atomic E-state index is 12.2. The molecule has 0 saturated heterocycles. The van der Waals surface area contributed by atoms with Gasteiger partial charge in [-0.1, -0.05) is 35.9 Å². The molecule has 1 amide bonds. The maximum atomic E-state index is 12.2. The van der Waals surface area contributed by atoms with Gasteiger partial charge in [0.25, 0.3) is 0 Å². The molecule has 0 saturated carbocycles. The number of carbonyl (C=O) groups excluding carboxylic acids is 1. The van der Waals surface area contributed by atoms with Gasteiger partial charge in [-0.2, -0.15) is 0 Å². The lowest BCUT2D eigenvalue weighted by molar-refractivity contribution is 0.254. The van der Waals surface area contributed by atoms with Crippen molar-refractivity contribution >= 4 is 22.6 Å². The molecule has 94 valence electrons. The zero-order chi connectivity index (χ0) is 13.2. The Morgan fingerprint density at radius 2 is 1.74 bits per heavy atom.